The Bertz CT molecular complexity index is 418. The summed E-state index contributed by atoms with van der Waals surface area (Å²) in [5, 5.41) is 8.76. The number of rotatable bonds is 8. The molecule has 126 valence electrons. The van der Waals surface area contributed by atoms with Gasteiger partial charge in [-0.15, -0.1) is 5.10 Å². The highest BCUT2D eigenvalue weighted by molar-refractivity contribution is 4.94. The van der Waals surface area contributed by atoms with Crippen molar-refractivity contribution in [3.63, 3.8) is 0 Å². The van der Waals surface area contributed by atoms with Crippen LogP contribution in [0.25, 0.3) is 0 Å². The lowest BCUT2D eigenvalue weighted by Gasteiger charge is -2.35. The van der Waals surface area contributed by atoms with E-state index in [9.17, 15) is 0 Å². The summed E-state index contributed by atoms with van der Waals surface area (Å²) in [6, 6.07) is 1.25. The van der Waals surface area contributed by atoms with Gasteiger partial charge in [0.15, 0.2) is 0 Å². The van der Waals surface area contributed by atoms with Crippen molar-refractivity contribution >= 4 is 0 Å². The fraction of sp³-hybridized carbons (Fsp3) is 0.882. The Morgan fingerprint density at radius 1 is 1.23 bits per heavy atom. The summed E-state index contributed by atoms with van der Waals surface area (Å²) in [6.45, 7) is 14.5. The average Bonchev–Trinajstić information content (AvgIpc) is 3.01. The third-order valence-electron chi connectivity index (χ3n) is 5.04. The molecule has 1 fully saturated rings. The van der Waals surface area contributed by atoms with Crippen molar-refractivity contribution in [2.45, 2.75) is 72.0 Å². The van der Waals surface area contributed by atoms with Gasteiger partial charge in [0.2, 0.25) is 0 Å². The van der Waals surface area contributed by atoms with Crippen LogP contribution in [-0.4, -0.2) is 57.0 Å². The highest BCUT2D eigenvalue weighted by atomic mass is 15.4. The van der Waals surface area contributed by atoms with Gasteiger partial charge >= 0.3 is 0 Å². The molecule has 1 aromatic rings. The molecule has 2 heterocycles. The minimum absolute atomic E-state index is 0.531. The molecule has 1 unspecified atom stereocenters. The number of piperidine rings is 1. The highest BCUT2D eigenvalue weighted by Crippen LogP contribution is 2.24. The van der Waals surface area contributed by atoms with E-state index >= 15 is 0 Å². The second-order valence-corrected chi connectivity index (χ2v) is 6.56. The Morgan fingerprint density at radius 2 is 1.91 bits per heavy atom. The Labute approximate surface area is 135 Å². The molecular formula is C17H33N5. The predicted molar refractivity (Wildman–Crippen MR) is 90.9 cm³/mol. The van der Waals surface area contributed by atoms with Crippen molar-refractivity contribution < 1.29 is 0 Å². The first-order valence-electron chi connectivity index (χ1n) is 9.04. The van der Waals surface area contributed by atoms with Gasteiger partial charge in [0.05, 0.1) is 17.9 Å². The Balaban J connectivity index is 1.85. The zero-order valence-corrected chi connectivity index (χ0v) is 14.8. The lowest BCUT2D eigenvalue weighted by atomic mass is 10.0. The lowest BCUT2D eigenvalue weighted by molar-refractivity contribution is 0.132. The molecule has 5 heteroatoms. The Kier molecular flexibility index (Phi) is 6.83. The molecule has 1 atom stereocenters. The zero-order valence-electron chi connectivity index (χ0n) is 14.8. The molecule has 2 rings (SSSR count). The lowest BCUT2D eigenvalue weighted by Crippen LogP contribution is -2.40. The molecule has 0 radical (unpaired) electrons. The molecule has 0 N–H and O–H groups in total. The summed E-state index contributed by atoms with van der Waals surface area (Å²) in [5.41, 5.74) is 1.10. The molecule has 0 bridgehead atoms. The van der Waals surface area contributed by atoms with E-state index in [-0.39, 0.29) is 0 Å². The fourth-order valence-electron chi connectivity index (χ4n) is 3.43. The molecule has 22 heavy (non-hydrogen) atoms. The number of hydrogen-bond acceptors (Lipinski definition) is 4. The monoisotopic (exact) mass is 307 g/mol. The van der Waals surface area contributed by atoms with Gasteiger partial charge in [0.1, 0.15) is 0 Å². The zero-order chi connectivity index (χ0) is 15.9. The van der Waals surface area contributed by atoms with Crippen molar-refractivity contribution in [3.8, 4) is 0 Å². The van der Waals surface area contributed by atoms with E-state index in [2.05, 4.69) is 58.7 Å². The topological polar surface area (TPSA) is 37.2 Å². The summed E-state index contributed by atoms with van der Waals surface area (Å²) < 4.78 is 2.11. The number of likely N-dealkylation sites (tertiary alicyclic amines) is 1. The maximum Gasteiger partial charge on any atom is 0.0967 e. The van der Waals surface area contributed by atoms with Crippen LogP contribution >= 0.6 is 0 Å². The number of nitrogens with zero attached hydrogens (tertiary/aromatic N) is 5. The summed E-state index contributed by atoms with van der Waals surface area (Å²) in [4.78, 5) is 5.01. The van der Waals surface area contributed by atoms with E-state index < -0.39 is 0 Å². The number of hydrogen-bond donors (Lipinski definition) is 0. The molecule has 5 nitrogen and oxygen atoms in total. The first-order valence-corrected chi connectivity index (χ1v) is 9.04. The van der Waals surface area contributed by atoms with Gasteiger partial charge in [0.25, 0.3) is 0 Å². The van der Waals surface area contributed by atoms with E-state index in [1.165, 1.54) is 38.8 Å². The van der Waals surface area contributed by atoms with E-state index in [0.29, 0.717) is 6.04 Å². The molecule has 0 amide bonds. The maximum atomic E-state index is 4.39. The first-order chi connectivity index (χ1) is 10.7. The third kappa shape index (κ3) is 4.53. The van der Waals surface area contributed by atoms with Crippen molar-refractivity contribution in [1.29, 1.82) is 0 Å². The van der Waals surface area contributed by atoms with Gasteiger partial charge in [-0.05, 0) is 39.3 Å². The van der Waals surface area contributed by atoms with Crippen LogP contribution in [0.5, 0.6) is 0 Å². The molecular weight excluding hydrogens is 274 g/mol. The normalized spacial score (nSPS) is 19.0. The van der Waals surface area contributed by atoms with E-state index in [4.69, 9.17) is 0 Å². The minimum Gasteiger partial charge on any atom is -0.301 e. The van der Waals surface area contributed by atoms with Gasteiger partial charge in [-0.25, -0.2) is 4.68 Å². The SMILES string of the molecule is CCCC(C)N1CCC(n2cc(CN(CC)CC)nn2)CC1. The summed E-state index contributed by atoms with van der Waals surface area (Å²) in [7, 11) is 0. The molecule has 0 aliphatic carbocycles. The molecule has 0 saturated carbocycles. The van der Waals surface area contributed by atoms with Gasteiger partial charge in [-0.2, -0.15) is 0 Å². The van der Waals surface area contributed by atoms with E-state index in [1.54, 1.807) is 0 Å². The predicted octanol–water partition coefficient (Wildman–Crippen LogP) is 2.95. The van der Waals surface area contributed by atoms with Gasteiger partial charge in [-0.3, -0.25) is 4.90 Å². The van der Waals surface area contributed by atoms with Gasteiger partial charge in [-0.1, -0.05) is 32.4 Å². The Hall–Kier alpha value is -0.940. The van der Waals surface area contributed by atoms with Crippen LogP contribution in [0.1, 0.15) is 65.1 Å². The van der Waals surface area contributed by atoms with Crippen molar-refractivity contribution in [2.24, 2.45) is 0 Å². The van der Waals surface area contributed by atoms with Crippen molar-refractivity contribution in [3.05, 3.63) is 11.9 Å². The van der Waals surface area contributed by atoms with Crippen LogP contribution in [-0.2, 0) is 6.54 Å². The second-order valence-electron chi connectivity index (χ2n) is 6.56. The van der Waals surface area contributed by atoms with Crippen molar-refractivity contribution in [2.75, 3.05) is 26.2 Å². The molecule has 1 aliphatic heterocycles. The standard InChI is InChI=1S/C17H33N5/c1-5-8-15(4)21-11-9-17(10-12-21)22-14-16(18-19-22)13-20(6-2)7-3/h14-15,17H,5-13H2,1-4H3. The summed E-state index contributed by atoms with van der Waals surface area (Å²) >= 11 is 0. The highest BCUT2D eigenvalue weighted by Gasteiger charge is 2.24. The summed E-state index contributed by atoms with van der Waals surface area (Å²) in [6.07, 6.45) is 7.14. The smallest absolute Gasteiger partial charge is 0.0967 e. The van der Waals surface area contributed by atoms with E-state index in [1.807, 2.05) is 0 Å². The quantitative estimate of drug-likeness (QED) is 0.740. The van der Waals surface area contributed by atoms with Gasteiger partial charge < -0.3 is 4.90 Å². The van der Waals surface area contributed by atoms with Crippen LogP contribution < -0.4 is 0 Å². The summed E-state index contributed by atoms with van der Waals surface area (Å²) in [5.74, 6) is 0. The van der Waals surface area contributed by atoms with Crippen molar-refractivity contribution in [1.82, 2.24) is 24.8 Å². The third-order valence-corrected chi connectivity index (χ3v) is 5.04. The minimum atomic E-state index is 0.531. The van der Waals surface area contributed by atoms with Gasteiger partial charge in [0, 0.05) is 25.7 Å². The first kappa shape index (κ1) is 17.4. The molecule has 1 saturated heterocycles. The van der Waals surface area contributed by atoms with E-state index in [0.717, 1.165) is 31.4 Å². The second kappa shape index (κ2) is 8.63. The molecule has 0 aromatic carbocycles. The molecule has 1 aromatic heterocycles. The average molecular weight is 307 g/mol. The maximum absolute atomic E-state index is 4.39. The Morgan fingerprint density at radius 3 is 2.50 bits per heavy atom. The van der Waals surface area contributed by atoms with Crippen LogP contribution in [0.15, 0.2) is 6.20 Å². The molecule has 1 aliphatic rings. The van der Waals surface area contributed by atoms with Crippen LogP contribution in [0.2, 0.25) is 0 Å². The number of aromatic nitrogens is 3. The van der Waals surface area contributed by atoms with Crippen LogP contribution in [0.3, 0.4) is 0 Å². The van der Waals surface area contributed by atoms with Crippen LogP contribution in [0, 0.1) is 0 Å². The fourth-order valence-corrected chi connectivity index (χ4v) is 3.43. The molecule has 0 spiro atoms. The largest absolute Gasteiger partial charge is 0.301 e. The van der Waals surface area contributed by atoms with Crippen LogP contribution in [0.4, 0.5) is 0 Å².